The first-order valence-electron chi connectivity index (χ1n) is 8.31. The Morgan fingerprint density at radius 2 is 1.60 bits per heavy atom. The molecule has 1 unspecified atom stereocenters. The highest BCUT2D eigenvalue weighted by Crippen LogP contribution is 2.25. The second-order valence-electron chi connectivity index (χ2n) is 6.24. The van der Waals surface area contributed by atoms with E-state index >= 15 is 0 Å². The highest BCUT2D eigenvalue weighted by molar-refractivity contribution is 8.00. The van der Waals surface area contributed by atoms with Gasteiger partial charge in [-0.1, -0.05) is 38.1 Å². The molecule has 0 aliphatic rings. The molecule has 132 valence electrons. The molecule has 0 radical (unpaired) electrons. The minimum atomic E-state index is -0.226. The predicted molar refractivity (Wildman–Crippen MR) is 105 cm³/mol. The van der Waals surface area contributed by atoms with Crippen molar-refractivity contribution in [2.45, 2.75) is 37.8 Å². The van der Waals surface area contributed by atoms with Crippen LogP contribution in [0.3, 0.4) is 0 Å². The van der Waals surface area contributed by atoms with Crippen molar-refractivity contribution >= 4 is 35.0 Å². The molecule has 0 spiro atoms. The standard InChI is InChI=1S/C20H24N2O2S/c1-13(2)19(23)21-16-11-10-14(3)18(12-16)22-20(24)15(4)25-17-8-6-5-7-9-17/h5-13,15H,1-4H3,(H,21,23)(H,22,24). The van der Waals surface area contributed by atoms with Gasteiger partial charge in [-0.2, -0.15) is 0 Å². The lowest BCUT2D eigenvalue weighted by atomic mass is 10.1. The van der Waals surface area contributed by atoms with Crippen LogP contribution in [0.2, 0.25) is 0 Å². The Hall–Kier alpha value is -2.27. The Bertz CT molecular complexity index is 745. The lowest BCUT2D eigenvalue weighted by Gasteiger charge is -2.15. The Kier molecular flexibility index (Phi) is 6.65. The summed E-state index contributed by atoms with van der Waals surface area (Å²) in [7, 11) is 0. The van der Waals surface area contributed by atoms with Gasteiger partial charge in [-0.15, -0.1) is 11.8 Å². The van der Waals surface area contributed by atoms with Crippen LogP contribution in [0.15, 0.2) is 53.4 Å². The molecule has 0 heterocycles. The molecule has 2 rings (SSSR count). The highest BCUT2D eigenvalue weighted by Gasteiger charge is 2.16. The molecule has 2 aromatic carbocycles. The summed E-state index contributed by atoms with van der Waals surface area (Å²) < 4.78 is 0. The third-order valence-corrected chi connectivity index (χ3v) is 4.82. The summed E-state index contributed by atoms with van der Waals surface area (Å²) in [4.78, 5) is 25.4. The zero-order valence-electron chi connectivity index (χ0n) is 15.0. The average Bonchev–Trinajstić information content (AvgIpc) is 2.58. The molecular weight excluding hydrogens is 332 g/mol. The number of carbonyl (C=O) groups excluding carboxylic acids is 2. The van der Waals surface area contributed by atoms with Crippen LogP contribution in [-0.2, 0) is 9.59 Å². The SMILES string of the molecule is Cc1ccc(NC(=O)C(C)C)cc1NC(=O)C(C)Sc1ccccc1. The van der Waals surface area contributed by atoms with Crippen LogP contribution >= 0.6 is 11.8 Å². The monoisotopic (exact) mass is 356 g/mol. The molecular formula is C20H24N2O2S. The van der Waals surface area contributed by atoms with Crippen molar-refractivity contribution in [3.05, 3.63) is 54.1 Å². The molecule has 5 heteroatoms. The van der Waals surface area contributed by atoms with Crippen LogP contribution in [0.25, 0.3) is 0 Å². The van der Waals surface area contributed by atoms with Crippen molar-refractivity contribution in [2.75, 3.05) is 10.6 Å². The lowest BCUT2D eigenvalue weighted by molar-refractivity contribution is -0.119. The van der Waals surface area contributed by atoms with Crippen molar-refractivity contribution < 1.29 is 9.59 Å². The van der Waals surface area contributed by atoms with Gasteiger partial charge in [-0.25, -0.2) is 0 Å². The average molecular weight is 356 g/mol. The lowest BCUT2D eigenvalue weighted by Crippen LogP contribution is -2.23. The number of rotatable bonds is 6. The molecule has 0 bridgehead atoms. The van der Waals surface area contributed by atoms with Gasteiger partial charge in [0.05, 0.1) is 5.25 Å². The number of hydrogen-bond donors (Lipinski definition) is 2. The second-order valence-corrected chi connectivity index (χ2v) is 7.65. The van der Waals surface area contributed by atoms with E-state index in [0.717, 1.165) is 10.5 Å². The molecule has 0 aliphatic heterocycles. The van der Waals surface area contributed by atoms with Gasteiger partial charge in [-0.05, 0) is 43.7 Å². The van der Waals surface area contributed by atoms with Gasteiger partial charge in [-0.3, -0.25) is 9.59 Å². The summed E-state index contributed by atoms with van der Waals surface area (Å²) in [6.07, 6.45) is 0. The fraction of sp³-hybridized carbons (Fsp3) is 0.300. The fourth-order valence-corrected chi connectivity index (χ4v) is 3.00. The van der Waals surface area contributed by atoms with E-state index in [1.807, 2.05) is 70.2 Å². The summed E-state index contributed by atoms with van der Waals surface area (Å²) in [6.45, 7) is 7.49. The van der Waals surface area contributed by atoms with E-state index in [-0.39, 0.29) is 23.0 Å². The topological polar surface area (TPSA) is 58.2 Å². The van der Waals surface area contributed by atoms with E-state index in [9.17, 15) is 9.59 Å². The maximum absolute atomic E-state index is 12.5. The smallest absolute Gasteiger partial charge is 0.237 e. The number of aryl methyl sites for hydroxylation is 1. The Morgan fingerprint density at radius 1 is 0.920 bits per heavy atom. The zero-order chi connectivity index (χ0) is 18.4. The number of anilines is 2. The van der Waals surface area contributed by atoms with Gasteiger partial charge >= 0.3 is 0 Å². The van der Waals surface area contributed by atoms with Crippen molar-refractivity contribution in [2.24, 2.45) is 5.92 Å². The summed E-state index contributed by atoms with van der Waals surface area (Å²) in [6, 6.07) is 15.4. The molecule has 2 amide bonds. The minimum Gasteiger partial charge on any atom is -0.326 e. The number of hydrogen-bond acceptors (Lipinski definition) is 3. The minimum absolute atomic E-state index is 0.0471. The van der Waals surface area contributed by atoms with Crippen LogP contribution in [0.5, 0.6) is 0 Å². The van der Waals surface area contributed by atoms with Crippen LogP contribution in [0.1, 0.15) is 26.3 Å². The first-order valence-corrected chi connectivity index (χ1v) is 9.19. The van der Waals surface area contributed by atoms with Gasteiger partial charge in [0.15, 0.2) is 0 Å². The maximum Gasteiger partial charge on any atom is 0.237 e. The van der Waals surface area contributed by atoms with E-state index in [0.29, 0.717) is 11.4 Å². The predicted octanol–water partition coefficient (Wildman–Crippen LogP) is 4.71. The number of benzene rings is 2. The quantitative estimate of drug-likeness (QED) is 0.737. The van der Waals surface area contributed by atoms with Gasteiger partial charge in [0.2, 0.25) is 11.8 Å². The Labute approximate surface area is 153 Å². The number of thioether (sulfide) groups is 1. The van der Waals surface area contributed by atoms with Crippen molar-refractivity contribution in [3.8, 4) is 0 Å². The Morgan fingerprint density at radius 3 is 2.24 bits per heavy atom. The third-order valence-electron chi connectivity index (χ3n) is 3.71. The van der Waals surface area contributed by atoms with Gasteiger partial charge in [0.1, 0.15) is 0 Å². The van der Waals surface area contributed by atoms with Gasteiger partial charge in [0.25, 0.3) is 0 Å². The van der Waals surface area contributed by atoms with E-state index < -0.39 is 0 Å². The largest absolute Gasteiger partial charge is 0.326 e. The molecule has 0 aromatic heterocycles. The molecule has 0 fully saturated rings. The summed E-state index contributed by atoms with van der Waals surface area (Å²) >= 11 is 1.51. The van der Waals surface area contributed by atoms with E-state index in [4.69, 9.17) is 0 Å². The first-order chi connectivity index (χ1) is 11.9. The van der Waals surface area contributed by atoms with Crippen LogP contribution in [0, 0.1) is 12.8 Å². The molecule has 1 atom stereocenters. The normalized spacial score (nSPS) is 11.9. The molecule has 0 aliphatic carbocycles. The van der Waals surface area contributed by atoms with Crippen LogP contribution < -0.4 is 10.6 Å². The van der Waals surface area contributed by atoms with Crippen LogP contribution in [-0.4, -0.2) is 17.1 Å². The Balaban J connectivity index is 2.05. The number of nitrogens with one attached hydrogen (secondary N) is 2. The number of amides is 2. The van der Waals surface area contributed by atoms with E-state index in [1.165, 1.54) is 11.8 Å². The van der Waals surface area contributed by atoms with Crippen molar-refractivity contribution in [1.29, 1.82) is 0 Å². The second kappa shape index (κ2) is 8.72. The molecule has 2 aromatic rings. The number of carbonyl (C=O) groups is 2. The molecule has 0 saturated carbocycles. The molecule has 2 N–H and O–H groups in total. The van der Waals surface area contributed by atoms with Gasteiger partial charge < -0.3 is 10.6 Å². The zero-order valence-corrected chi connectivity index (χ0v) is 15.8. The van der Waals surface area contributed by atoms with Gasteiger partial charge in [0, 0.05) is 22.2 Å². The highest BCUT2D eigenvalue weighted by atomic mass is 32.2. The summed E-state index contributed by atoms with van der Waals surface area (Å²) in [5.41, 5.74) is 2.35. The van der Waals surface area contributed by atoms with Crippen LogP contribution in [0.4, 0.5) is 11.4 Å². The van der Waals surface area contributed by atoms with E-state index in [1.54, 1.807) is 6.07 Å². The van der Waals surface area contributed by atoms with Crippen molar-refractivity contribution in [3.63, 3.8) is 0 Å². The molecule has 4 nitrogen and oxygen atoms in total. The maximum atomic E-state index is 12.5. The molecule has 0 saturated heterocycles. The fourth-order valence-electron chi connectivity index (χ4n) is 2.11. The third kappa shape index (κ3) is 5.64. The summed E-state index contributed by atoms with van der Waals surface area (Å²) in [5, 5.41) is 5.59. The molecule has 25 heavy (non-hydrogen) atoms. The first kappa shape index (κ1) is 19.1. The van der Waals surface area contributed by atoms with Crippen molar-refractivity contribution in [1.82, 2.24) is 0 Å². The summed E-state index contributed by atoms with van der Waals surface area (Å²) in [5.74, 6) is -0.208. The van der Waals surface area contributed by atoms with E-state index in [2.05, 4.69) is 10.6 Å².